The largest absolute Gasteiger partial charge is 0.497 e. The van der Waals surface area contributed by atoms with Crippen LogP contribution in [0.4, 0.5) is 0 Å². The first-order valence-corrected chi connectivity index (χ1v) is 13.2. The van der Waals surface area contributed by atoms with Crippen LogP contribution in [-0.4, -0.2) is 38.3 Å². The van der Waals surface area contributed by atoms with Crippen LogP contribution in [0.25, 0.3) is 21.2 Å². The van der Waals surface area contributed by atoms with Crippen molar-refractivity contribution in [3.63, 3.8) is 0 Å². The Hall–Kier alpha value is -2.53. The number of ether oxygens (including phenoxy) is 2. The molecule has 0 saturated carbocycles. The second-order valence-electron chi connectivity index (χ2n) is 8.84. The summed E-state index contributed by atoms with van der Waals surface area (Å²) in [6, 6.07) is 23.1. The monoisotopic (exact) mass is 491 g/mol. The second kappa shape index (κ2) is 10.8. The molecule has 0 atom stereocenters. The molecule has 1 aliphatic heterocycles. The van der Waals surface area contributed by atoms with Gasteiger partial charge in [-0.15, -0.1) is 11.3 Å². The maximum absolute atomic E-state index is 6.11. The highest BCUT2D eigenvalue weighted by atomic mass is 35.5. The van der Waals surface area contributed by atoms with E-state index in [1.165, 1.54) is 64.0 Å². The molecule has 0 N–H and O–H groups in total. The van der Waals surface area contributed by atoms with E-state index in [0.717, 1.165) is 36.1 Å². The van der Waals surface area contributed by atoms with Gasteiger partial charge in [-0.2, -0.15) is 0 Å². The van der Waals surface area contributed by atoms with Crippen molar-refractivity contribution >= 4 is 33.0 Å². The minimum atomic E-state index is 0.738. The topological polar surface area (TPSA) is 21.7 Å². The van der Waals surface area contributed by atoms with Gasteiger partial charge < -0.3 is 9.47 Å². The molecular weight excluding hydrogens is 462 g/mol. The van der Waals surface area contributed by atoms with Gasteiger partial charge in [0.15, 0.2) is 0 Å². The average Bonchev–Trinajstić information content (AvgIpc) is 3.23. The standard InChI is InChI=1S/C29H30ClNO2S/c1-32-25-13-14-26-27(20-25)34-28(19-21-5-9-23(30)10-6-21)29(26)22-7-11-24(12-8-22)33-18-17-31-15-3-2-4-16-31/h5-14,20H,2-4,15-19H2,1H3. The molecule has 0 amide bonds. The van der Waals surface area contributed by atoms with Gasteiger partial charge in [0.05, 0.1) is 7.11 Å². The van der Waals surface area contributed by atoms with E-state index in [1.807, 2.05) is 29.5 Å². The minimum Gasteiger partial charge on any atom is -0.497 e. The van der Waals surface area contributed by atoms with Crippen LogP contribution in [0.3, 0.4) is 0 Å². The molecule has 176 valence electrons. The highest BCUT2D eigenvalue weighted by molar-refractivity contribution is 7.19. The van der Waals surface area contributed by atoms with Gasteiger partial charge in [-0.25, -0.2) is 0 Å². The summed E-state index contributed by atoms with van der Waals surface area (Å²) in [6.07, 6.45) is 4.85. The lowest BCUT2D eigenvalue weighted by Gasteiger charge is -2.26. The summed E-state index contributed by atoms with van der Waals surface area (Å²) in [7, 11) is 1.72. The Morgan fingerprint density at radius 1 is 0.882 bits per heavy atom. The van der Waals surface area contributed by atoms with Crippen molar-refractivity contribution in [3.05, 3.63) is 82.2 Å². The van der Waals surface area contributed by atoms with Crippen molar-refractivity contribution in [2.24, 2.45) is 0 Å². The van der Waals surface area contributed by atoms with Crippen molar-refractivity contribution in [2.45, 2.75) is 25.7 Å². The van der Waals surface area contributed by atoms with E-state index < -0.39 is 0 Å². The van der Waals surface area contributed by atoms with Crippen molar-refractivity contribution in [3.8, 4) is 22.6 Å². The highest BCUT2D eigenvalue weighted by Crippen LogP contribution is 2.41. The third kappa shape index (κ3) is 5.41. The number of piperidine rings is 1. The number of thiophene rings is 1. The summed E-state index contributed by atoms with van der Waals surface area (Å²) in [4.78, 5) is 3.84. The van der Waals surface area contributed by atoms with Gasteiger partial charge in [0.1, 0.15) is 18.1 Å². The zero-order valence-electron chi connectivity index (χ0n) is 19.6. The zero-order valence-corrected chi connectivity index (χ0v) is 21.1. The molecule has 4 aromatic rings. The molecule has 3 nitrogen and oxygen atoms in total. The maximum Gasteiger partial charge on any atom is 0.120 e. The summed E-state index contributed by atoms with van der Waals surface area (Å²) in [5, 5.41) is 2.02. The first-order chi connectivity index (χ1) is 16.7. The summed E-state index contributed by atoms with van der Waals surface area (Å²) in [5.41, 5.74) is 3.75. The first-order valence-electron chi connectivity index (χ1n) is 12.0. The van der Waals surface area contributed by atoms with Crippen molar-refractivity contribution in [1.82, 2.24) is 4.90 Å². The van der Waals surface area contributed by atoms with E-state index in [0.29, 0.717) is 0 Å². The van der Waals surface area contributed by atoms with E-state index in [2.05, 4.69) is 53.4 Å². The van der Waals surface area contributed by atoms with Crippen LogP contribution < -0.4 is 9.47 Å². The Morgan fingerprint density at radius 3 is 2.35 bits per heavy atom. The van der Waals surface area contributed by atoms with Crippen LogP contribution in [0.5, 0.6) is 11.5 Å². The normalized spacial score (nSPS) is 14.4. The van der Waals surface area contributed by atoms with Crippen molar-refractivity contribution in [1.29, 1.82) is 0 Å². The minimum absolute atomic E-state index is 0.738. The Morgan fingerprint density at radius 2 is 1.62 bits per heavy atom. The third-order valence-electron chi connectivity index (χ3n) is 6.52. The Kier molecular flexibility index (Phi) is 7.39. The lowest BCUT2D eigenvalue weighted by Crippen LogP contribution is -2.33. The van der Waals surface area contributed by atoms with Gasteiger partial charge in [0.2, 0.25) is 0 Å². The Bertz CT molecular complexity index is 1230. The number of halogens is 1. The molecule has 1 aromatic heterocycles. The predicted octanol–water partition coefficient (Wildman–Crippen LogP) is 7.69. The Labute approximate surface area is 210 Å². The quantitative estimate of drug-likeness (QED) is 0.252. The molecule has 3 aromatic carbocycles. The molecule has 0 bridgehead atoms. The highest BCUT2D eigenvalue weighted by Gasteiger charge is 2.16. The molecule has 2 heterocycles. The van der Waals surface area contributed by atoms with Gasteiger partial charge in [-0.3, -0.25) is 4.90 Å². The fraction of sp³-hybridized carbons (Fsp3) is 0.310. The molecule has 0 spiro atoms. The molecule has 5 rings (SSSR count). The molecule has 34 heavy (non-hydrogen) atoms. The molecule has 1 fully saturated rings. The van der Waals surface area contributed by atoms with Crippen LogP contribution in [0.2, 0.25) is 5.02 Å². The van der Waals surface area contributed by atoms with E-state index in [9.17, 15) is 0 Å². The zero-order chi connectivity index (χ0) is 23.3. The lowest BCUT2D eigenvalue weighted by atomic mass is 9.99. The van der Waals surface area contributed by atoms with Crippen molar-refractivity contribution in [2.75, 3.05) is 33.4 Å². The van der Waals surface area contributed by atoms with Gasteiger partial charge in [-0.1, -0.05) is 42.3 Å². The number of benzene rings is 3. The number of rotatable bonds is 8. The third-order valence-corrected chi connectivity index (χ3v) is 7.92. The van der Waals surface area contributed by atoms with Crippen molar-refractivity contribution < 1.29 is 9.47 Å². The van der Waals surface area contributed by atoms with Gasteiger partial charge in [0.25, 0.3) is 0 Å². The van der Waals surface area contributed by atoms with Gasteiger partial charge >= 0.3 is 0 Å². The van der Waals surface area contributed by atoms with Crippen LogP contribution in [0.1, 0.15) is 29.7 Å². The fourth-order valence-electron chi connectivity index (χ4n) is 4.68. The summed E-state index contributed by atoms with van der Waals surface area (Å²) in [6.45, 7) is 4.15. The molecular formula is C29H30ClNO2S. The second-order valence-corrected chi connectivity index (χ2v) is 10.4. The average molecular weight is 492 g/mol. The van der Waals surface area contributed by atoms with Gasteiger partial charge in [0, 0.05) is 38.5 Å². The molecule has 5 heteroatoms. The first kappa shape index (κ1) is 23.2. The van der Waals surface area contributed by atoms with Crippen LogP contribution in [-0.2, 0) is 6.42 Å². The predicted molar refractivity (Wildman–Crippen MR) is 144 cm³/mol. The summed E-state index contributed by atoms with van der Waals surface area (Å²) in [5.74, 6) is 1.82. The van der Waals surface area contributed by atoms with Gasteiger partial charge in [-0.05, 0) is 79.5 Å². The van der Waals surface area contributed by atoms with Crippen LogP contribution in [0, 0.1) is 0 Å². The number of fused-ring (bicyclic) bond motifs is 1. The number of hydrogen-bond acceptors (Lipinski definition) is 4. The lowest BCUT2D eigenvalue weighted by molar-refractivity contribution is 0.183. The number of methoxy groups -OCH3 is 1. The molecule has 0 unspecified atom stereocenters. The number of hydrogen-bond donors (Lipinski definition) is 0. The van der Waals surface area contributed by atoms with Crippen LogP contribution in [0.15, 0.2) is 66.7 Å². The smallest absolute Gasteiger partial charge is 0.120 e. The maximum atomic E-state index is 6.11. The summed E-state index contributed by atoms with van der Waals surface area (Å²) >= 11 is 7.94. The number of likely N-dealkylation sites (tertiary alicyclic amines) is 1. The van der Waals surface area contributed by atoms with E-state index in [4.69, 9.17) is 21.1 Å². The fourth-order valence-corrected chi connectivity index (χ4v) is 6.09. The van der Waals surface area contributed by atoms with E-state index in [-0.39, 0.29) is 0 Å². The van der Waals surface area contributed by atoms with E-state index in [1.54, 1.807) is 7.11 Å². The molecule has 0 radical (unpaired) electrons. The van der Waals surface area contributed by atoms with E-state index >= 15 is 0 Å². The molecule has 0 aliphatic carbocycles. The molecule has 1 aliphatic rings. The molecule has 1 saturated heterocycles. The number of nitrogens with zero attached hydrogens (tertiary/aromatic N) is 1. The Balaban J connectivity index is 1.39. The SMILES string of the molecule is COc1ccc2c(-c3ccc(OCCN4CCCCC4)cc3)c(Cc3ccc(Cl)cc3)sc2c1. The van der Waals surface area contributed by atoms with Crippen LogP contribution >= 0.6 is 22.9 Å². The summed E-state index contributed by atoms with van der Waals surface area (Å²) < 4.78 is 12.8.